The maximum atomic E-state index is 13.1. The number of carbonyl (C=O) groups is 1. The summed E-state index contributed by atoms with van der Waals surface area (Å²) in [5, 5.41) is 11.5. The molecule has 4 nitrogen and oxygen atoms in total. The lowest BCUT2D eigenvalue weighted by molar-refractivity contribution is -0.117. The maximum absolute atomic E-state index is 13.1. The molecule has 1 aliphatic heterocycles. The zero-order chi connectivity index (χ0) is 15.2. The van der Waals surface area contributed by atoms with Crippen LogP contribution in [-0.4, -0.2) is 41.7 Å². The smallest absolute Gasteiger partial charge is 0.238 e. The normalized spacial score (nSPS) is 18.9. The molecule has 0 saturated carbocycles. The van der Waals surface area contributed by atoms with E-state index in [0.717, 1.165) is 44.4 Å². The molecular formula is C15H20F2N2O2. The van der Waals surface area contributed by atoms with Crippen LogP contribution in [0.5, 0.6) is 0 Å². The SMILES string of the molecule is O=C(CN1CCCC1CCCO)Nc1ccc(F)c(F)c1. The third kappa shape index (κ3) is 4.47. The van der Waals surface area contributed by atoms with Gasteiger partial charge in [0, 0.05) is 24.4 Å². The highest BCUT2D eigenvalue weighted by Gasteiger charge is 2.25. The lowest BCUT2D eigenvalue weighted by atomic mass is 10.1. The fraction of sp³-hybridized carbons (Fsp3) is 0.533. The minimum Gasteiger partial charge on any atom is -0.396 e. The highest BCUT2D eigenvalue weighted by Crippen LogP contribution is 2.21. The van der Waals surface area contributed by atoms with Gasteiger partial charge in [-0.05, 0) is 44.4 Å². The average Bonchev–Trinajstić information content (AvgIpc) is 2.87. The molecule has 0 aliphatic carbocycles. The molecule has 1 aliphatic rings. The van der Waals surface area contributed by atoms with Gasteiger partial charge in [0.2, 0.25) is 5.91 Å². The van der Waals surface area contributed by atoms with Crippen molar-refractivity contribution in [1.82, 2.24) is 4.90 Å². The number of hydrogen-bond donors (Lipinski definition) is 2. The van der Waals surface area contributed by atoms with E-state index in [1.54, 1.807) is 0 Å². The van der Waals surface area contributed by atoms with E-state index < -0.39 is 11.6 Å². The predicted molar refractivity (Wildman–Crippen MR) is 75.9 cm³/mol. The van der Waals surface area contributed by atoms with Gasteiger partial charge < -0.3 is 10.4 Å². The first-order valence-corrected chi connectivity index (χ1v) is 7.20. The summed E-state index contributed by atoms with van der Waals surface area (Å²) in [5.41, 5.74) is 0.255. The van der Waals surface area contributed by atoms with E-state index in [2.05, 4.69) is 10.2 Å². The Bertz CT molecular complexity index is 497. The molecule has 1 unspecified atom stereocenters. The summed E-state index contributed by atoms with van der Waals surface area (Å²) in [7, 11) is 0. The summed E-state index contributed by atoms with van der Waals surface area (Å²) in [4.78, 5) is 14.0. The van der Waals surface area contributed by atoms with Gasteiger partial charge in [0.1, 0.15) is 0 Å². The average molecular weight is 298 g/mol. The van der Waals surface area contributed by atoms with Gasteiger partial charge >= 0.3 is 0 Å². The van der Waals surface area contributed by atoms with Crippen molar-refractivity contribution in [2.24, 2.45) is 0 Å². The summed E-state index contributed by atoms with van der Waals surface area (Å²) in [6, 6.07) is 3.61. The molecule has 0 spiro atoms. The third-order valence-electron chi connectivity index (χ3n) is 3.74. The fourth-order valence-corrected chi connectivity index (χ4v) is 2.72. The standard InChI is InChI=1S/C15H20F2N2O2/c16-13-6-5-11(9-14(13)17)18-15(21)10-19-7-1-3-12(19)4-2-8-20/h5-6,9,12,20H,1-4,7-8,10H2,(H,18,21). The first-order chi connectivity index (χ1) is 10.1. The topological polar surface area (TPSA) is 52.6 Å². The third-order valence-corrected chi connectivity index (χ3v) is 3.74. The Morgan fingerprint density at radius 3 is 2.90 bits per heavy atom. The number of likely N-dealkylation sites (tertiary alicyclic amines) is 1. The van der Waals surface area contributed by atoms with Crippen LogP contribution in [-0.2, 0) is 4.79 Å². The van der Waals surface area contributed by atoms with Crippen LogP contribution in [0.25, 0.3) is 0 Å². The van der Waals surface area contributed by atoms with Crippen molar-refractivity contribution in [2.45, 2.75) is 31.7 Å². The highest BCUT2D eigenvalue weighted by molar-refractivity contribution is 5.92. The van der Waals surface area contributed by atoms with E-state index in [0.29, 0.717) is 6.04 Å². The molecule has 1 aromatic rings. The van der Waals surface area contributed by atoms with Gasteiger partial charge in [-0.2, -0.15) is 0 Å². The van der Waals surface area contributed by atoms with Crippen molar-refractivity contribution >= 4 is 11.6 Å². The Morgan fingerprint density at radius 1 is 1.38 bits per heavy atom. The molecule has 2 N–H and O–H groups in total. The summed E-state index contributed by atoms with van der Waals surface area (Å²) >= 11 is 0. The fourth-order valence-electron chi connectivity index (χ4n) is 2.72. The molecule has 1 amide bonds. The van der Waals surface area contributed by atoms with Gasteiger partial charge in [0.05, 0.1) is 6.54 Å². The van der Waals surface area contributed by atoms with E-state index in [4.69, 9.17) is 5.11 Å². The molecule has 0 radical (unpaired) electrons. The largest absolute Gasteiger partial charge is 0.396 e. The van der Waals surface area contributed by atoms with Crippen molar-refractivity contribution in [2.75, 3.05) is 25.0 Å². The molecule has 116 valence electrons. The molecule has 1 atom stereocenters. The second-order valence-corrected chi connectivity index (χ2v) is 5.31. The van der Waals surface area contributed by atoms with E-state index in [-0.39, 0.29) is 24.7 Å². The second-order valence-electron chi connectivity index (χ2n) is 5.31. The molecule has 1 saturated heterocycles. The number of anilines is 1. The molecule has 1 fully saturated rings. The Balaban J connectivity index is 1.87. The van der Waals surface area contributed by atoms with E-state index in [9.17, 15) is 13.6 Å². The van der Waals surface area contributed by atoms with Crippen LogP contribution in [0.15, 0.2) is 18.2 Å². The molecule has 0 aromatic heterocycles. The quantitative estimate of drug-likeness (QED) is 0.846. The number of nitrogens with one attached hydrogen (secondary N) is 1. The second kappa shape index (κ2) is 7.47. The summed E-state index contributed by atoms with van der Waals surface area (Å²) in [5.74, 6) is -2.15. The van der Waals surface area contributed by atoms with Crippen molar-refractivity contribution in [1.29, 1.82) is 0 Å². The summed E-state index contributed by atoms with van der Waals surface area (Å²) in [6.07, 6.45) is 3.66. The minimum atomic E-state index is -0.977. The van der Waals surface area contributed by atoms with Crippen LogP contribution in [0, 0.1) is 11.6 Å². The number of benzene rings is 1. The van der Waals surface area contributed by atoms with E-state index >= 15 is 0 Å². The van der Waals surface area contributed by atoms with E-state index in [1.165, 1.54) is 6.07 Å². The minimum absolute atomic E-state index is 0.158. The number of hydrogen-bond acceptors (Lipinski definition) is 3. The Kier molecular flexibility index (Phi) is 5.64. The van der Waals surface area contributed by atoms with Gasteiger partial charge in [0.15, 0.2) is 11.6 Å². The number of amides is 1. The zero-order valence-corrected chi connectivity index (χ0v) is 11.8. The van der Waals surface area contributed by atoms with Crippen LogP contribution in [0.2, 0.25) is 0 Å². The van der Waals surface area contributed by atoms with Crippen LogP contribution in [0.4, 0.5) is 14.5 Å². The first-order valence-electron chi connectivity index (χ1n) is 7.20. The van der Waals surface area contributed by atoms with Crippen LogP contribution in [0.3, 0.4) is 0 Å². The first kappa shape index (κ1) is 15.9. The number of rotatable bonds is 6. The van der Waals surface area contributed by atoms with Crippen LogP contribution >= 0.6 is 0 Å². The molecule has 2 rings (SSSR count). The number of halogens is 2. The molecule has 21 heavy (non-hydrogen) atoms. The number of nitrogens with zero attached hydrogens (tertiary/aromatic N) is 1. The van der Waals surface area contributed by atoms with Gasteiger partial charge in [-0.1, -0.05) is 0 Å². The number of aliphatic hydroxyl groups excluding tert-OH is 1. The van der Waals surface area contributed by atoms with Crippen LogP contribution in [0.1, 0.15) is 25.7 Å². The molecule has 1 heterocycles. The molecule has 0 bridgehead atoms. The summed E-state index contributed by atoms with van der Waals surface area (Å²) in [6.45, 7) is 1.24. The zero-order valence-electron chi connectivity index (χ0n) is 11.8. The summed E-state index contributed by atoms with van der Waals surface area (Å²) < 4.78 is 25.9. The number of aliphatic hydroxyl groups is 1. The maximum Gasteiger partial charge on any atom is 0.238 e. The Labute approximate surface area is 122 Å². The molecular weight excluding hydrogens is 278 g/mol. The van der Waals surface area contributed by atoms with Gasteiger partial charge in [-0.25, -0.2) is 8.78 Å². The van der Waals surface area contributed by atoms with Crippen LogP contribution < -0.4 is 5.32 Å². The van der Waals surface area contributed by atoms with Gasteiger partial charge in [-0.15, -0.1) is 0 Å². The monoisotopic (exact) mass is 298 g/mol. The van der Waals surface area contributed by atoms with Gasteiger partial charge in [0.25, 0.3) is 0 Å². The Hall–Kier alpha value is -1.53. The van der Waals surface area contributed by atoms with E-state index in [1.807, 2.05) is 0 Å². The predicted octanol–water partition coefficient (Wildman–Crippen LogP) is 2.14. The van der Waals surface area contributed by atoms with Crippen molar-refractivity contribution in [3.8, 4) is 0 Å². The van der Waals surface area contributed by atoms with Crippen molar-refractivity contribution in [3.05, 3.63) is 29.8 Å². The molecule has 6 heteroatoms. The highest BCUT2D eigenvalue weighted by atomic mass is 19.2. The number of carbonyl (C=O) groups excluding carboxylic acids is 1. The van der Waals surface area contributed by atoms with Gasteiger partial charge in [-0.3, -0.25) is 9.69 Å². The lowest BCUT2D eigenvalue weighted by Crippen LogP contribution is -2.36. The molecule has 1 aromatic carbocycles. The van der Waals surface area contributed by atoms with Crippen molar-refractivity contribution in [3.63, 3.8) is 0 Å². The van der Waals surface area contributed by atoms with Crippen molar-refractivity contribution < 1.29 is 18.7 Å². The Morgan fingerprint density at radius 2 is 2.19 bits per heavy atom. The lowest BCUT2D eigenvalue weighted by Gasteiger charge is -2.23.